The second-order valence-corrected chi connectivity index (χ2v) is 8.08. The van der Waals surface area contributed by atoms with Crippen LogP contribution >= 0.6 is 12.2 Å². The molecule has 0 aromatic heterocycles. The Morgan fingerprint density at radius 1 is 1.23 bits per heavy atom. The smallest absolute Gasteiger partial charge is 0.417 e. The molecule has 0 N–H and O–H groups in total. The monoisotopic (exact) mass is 455 g/mol. The number of esters is 1. The van der Waals surface area contributed by atoms with Crippen LogP contribution in [-0.4, -0.2) is 41.1 Å². The average molecular weight is 456 g/mol. The number of carbonyl (C=O) groups excluding carboxylic acids is 2. The molecular formula is C21H24F3N3O3S. The molecule has 0 spiro atoms. The number of hydrogen-bond donors (Lipinski definition) is 0. The number of thiocarbonyl (C=S) groups is 1. The van der Waals surface area contributed by atoms with Gasteiger partial charge in [0.25, 0.3) is 5.91 Å². The first-order valence-corrected chi connectivity index (χ1v) is 10.2. The normalized spacial score (nSPS) is 15.9. The van der Waals surface area contributed by atoms with E-state index in [1.165, 1.54) is 19.2 Å². The van der Waals surface area contributed by atoms with E-state index in [9.17, 15) is 22.8 Å². The van der Waals surface area contributed by atoms with Gasteiger partial charge in [-0.3, -0.25) is 14.5 Å². The summed E-state index contributed by atoms with van der Waals surface area (Å²) in [6.45, 7) is 3.80. The largest absolute Gasteiger partial charge is 0.469 e. The number of methoxy groups -OCH3 is 1. The molecule has 1 amide bonds. The maximum atomic E-state index is 13.3. The second-order valence-electron chi connectivity index (χ2n) is 7.71. The van der Waals surface area contributed by atoms with Gasteiger partial charge in [0, 0.05) is 13.0 Å². The number of benzene rings is 1. The van der Waals surface area contributed by atoms with Crippen molar-refractivity contribution in [3.05, 3.63) is 29.3 Å². The molecule has 0 radical (unpaired) electrons. The standard InChI is InChI=1S/C21H24F3N3O3S/c1-20(2)18(29)27(15-10-9-14(13-25)16(12-15)21(22,23)24)19(31)26(20)11-7-5-4-6-8-17(28)30-3/h9-10,12H,4-8,11H2,1-3H3. The van der Waals surface area contributed by atoms with E-state index in [4.69, 9.17) is 17.5 Å². The van der Waals surface area contributed by atoms with Gasteiger partial charge in [-0.15, -0.1) is 0 Å². The van der Waals surface area contributed by atoms with E-state index < -0.39 is 28.7 Å². The molecule has 1 aromatic rings. The van der Waals surface area contributed by atoms with Crippen LogP contribution in [0.4, 0.5) is 18.9 Å². The first kappa shape index (κ1) is 24.6. The summed E-state index contributed by atoms with van der Waals surface area (Å²) < 4.78 is 44.6. The van der Waals surface area contributed by atoms with Crippen molar-refractivity contribution in [1.29, 1.82) is 5.26 Å². The predicted molar refractivity (Wildman–Crippen MR) is 112 cm³/mol. The number of ether oxygens (including phenoxy) is 1. The lowest BCUT2D eigenvalue weighted by Gasteiger charge is -2.29. The molecule has 0 saturated carbocycles. The highest BCUT2D eigenvalue weighted by atomic mass is 32.1. The number of nitrogens with zero attached hydrogens (tertiary/aromatic N) is 3. The third-order valence-corrected chi connectivity index (χ3v) is 5.65. The Labute approximate surface area is 184 Å². The highest BCUT2D eigenvalue weighted by Gasteiger charge is 2.49. The fourth-order valence-electron chi connectivity index (χ4n) is 3.44. The molecular weight excluding hydrogens is 431 g/mol. The Morgan fingerprint density at radius 2 is 1.87 bits per heavy atom. The van der Waals surface area contributed by atoms with Crippen LogP contribution in [0.5, 0.6) is 0 Å². The molecule has 1 saturated heterocycles. The summed E-state index contributed by atoms with van der Waals surface area (Å²) in [5.41, 5.74) is -2.66. The zero-order valence-corrected chi connectivity index (χ0v) is 18.4. The summed E-state index contributed by atoms with van der Waals surface area (Å²) in [5, 5.41) is 9.11. The highest BCUT2D eigenvalue weighted by molar-refractivity contribution is 7.80. The molecule has 1 aliphatic heterocycles. The van der Waals surface area contributed by atoms with Gasteiger partial charge in [-0.2, -0.15) is 18.4 Å². The molecule has 168 valence electrons. The summed E-state index contributed by atoms with van der Waals surface area (Å²) in [5.74, 6) is -0.690. The zero-order chi connectivity index (χ0) is 23.4. The number of unbranched alkanes of at least 4 members (excludes halogenated alkanes) is 3. The van der Waals surface area contributed by atoms with Gasteiger partial charge < -0.3 is 9.64 Å². The van der Waals surface area contributed by atoms with Crippen molar-refractivity contribution in [1.82, 2.24) is 4.90 Å². The molecule has 0 unspecified atom stereocenters. The molecule has 1 aliphatic rings. The quantitative estimate of drug-likeness (QED) is 0.328. The lowest BCUT2D eigenvalue weighted by molar-refractivity contribution is -0.141. The van der Waals surface area contributed by atoms with Crippen molar-refractivity contribution < 1.29 is 27.5 Å². The summed E-state index contributed by atoms with van der Waals surface area (Å²) in [7, 11) is 1.34. The SMILES string of the molecule is COC(=O)CCCCCCN1C(=S)N(c2ccc(C#N)c(C(F)(F)F)c2)C(=O)C1(C)C. The number of carbonyl (C=O) groups is 2. The molecule has 1 fully saturated rings. The molecule has 6 nitrogen and oxygen atoms in total. The minimum atomic E-state index is -4.73. The van der Waals surface area contributed by atoms with Gasteiger partial charge in [0.1, 0.15) is 5.54 Å². The van der Waals surface area contributed by atoms with Crippen molar-refractivity contribution in [3.8, 4) is 6.07 Å². The molecule has 10 heteroatoms. The first-order chi connectivity index (χ1) is 14.4. The van der Waals surface area contributed by atoms with Crippen molar-refractivity contribution in [3.63, 3.8) is 0 Å². The van der Waals surface area contributed by atoms with E-state index in [1.807, 2.05) is 0 Å². The van der Waals surface area contributed by atoms with Crippen molar-refractivity contribution >= 4 is 34.9 Å². The molecule has 0 atom stereocenters. The van der Waals surface area contributed by atoms with E-state index in [0.717, 1.165) is 29.9 Å². The van der Waals surface area contributed by atoms with E-state index >= 15 is 0 Å². The van der Waals surface area contributed by atoms with E-state index in [-0.39, 0.29) is 16.8 Å². The predicted octanol–water partition coefficient (Wildman–Crippen LogP) is 4.41. The van der Waals surface area contributed by atoms with Gasteiger partial charge in [-0.25, -0.2) is 0 Å². The minimum absolute atomic E-state index is 0.0185. The van der Waals surface area contributed by atoms with Crippen LogP contribution in [0.2, 0.25) is 0 Å². The first-order valence-electron chi connectivity index (χ1n) is 9.79. The van der Waals surface area contributed by atoms with E-state index in [2.05, 4.69) is 4.74 Å². The van der Waals surface area contributed by atoms with Crippen LogP contribution in [0.1, 0.15) is 57.1 Å². The number of halogens is 3. The Balaban J connectivity index is 2.14. The summed E-state index contributed by atoms with van der Waals surface area (Å²) in [4.78, 5) is 26.9. The van der Waals surface area contributed by atoms with Gasteiger partial charge >= 0.3 is 12.1 Å². The number of rotatable bonds is 8. The summed E-state index contributed by atoms with van der Waals surface area (Å²) in [6.07, 6.45) is -1.39. The Morgan fingerprint density at radius 3 is 2.45 bits per heavy atom. The molecule has 1 aromatic carbocycles. The van der Waals surface area contributed by atoms with Gasteiger partial charge in [-0.05, 0) is 57.1 Å². The van der Waals surface area contributed by atoms with Crippen LogP contribution in [0.3, 0.4) is 0 Å². The van der Waals surface area contributed by atoms with Crippen LogP contribution < -0.4 is 4.90 Å². The lowest BCUT2D eigenvalue weighted by Crippen LogP contribution is -2.44. The maximum absolute atomic E-state index is 13.3. The maximum Gasteiger partial charge on any atom is 0.417 e. The number of alkyl halides is 3. The topological polar surface area (TPSA) is 73.6 Å². The number of hydrogen-bond acceptors (Lipinski definition) is 5. The Bertz CT molecular complexity index is 909. The molecule has 31 heavy (non-hydrogen) atoms. The molecule has 1 heterocycles. The zero-order valence-electron chi connectivity index (χ0n) is 17.6. The summed E-state index contributed by atoms with van der Waals surface area (Å²) in [6, 6.07) is 4.66. The third-order valence-electron chi connectivity index (χ3n) is 5.25. The van der Waals surface area contributed by atoms with Crippen LogP contribution in [0.25, 0.3) is 0 Å². The van der Waals surface area contributed by atoms with Crippen LogP contribution in [0, 0.1) is 11.3 Å². The van der Waals surface area contributed by atoms with Crippen molar-refractivity contribution in [2.45, 2.75) is 57.7 Å². The number of nitriles is 1. The number of amides is 1. The Hall–Kier alpha value is -2.67. The van der Waals surface area contributed by atoms with Crippen molar-refractivity contribution in [2.24, 2.45) is 0 Å². The highest BCUT2D eigenvalue weighted by Crippen LogP contribution is 2.37. The Kier molecular flexibility index (Phi) is 7.65. The van der Waals surface area contributed by atoms with Gasteiger partial charge in [-0.1, -0.05) is 12.8 Å². The number of anilines is 1. The fourth-order valence-corrected chi connectivity index (χ4v) is 3.94. The third kappa shape index (κ3) is 5.34. The fraction of sp³-hybridized carbons (Fsp3) is 0.524. The van der Waals surface area contributed by atoms with Crippen LogP contribution in [-0.2, 0) is 20.5 Å². The van der Waals surface area contributed by atoms with Gasteiger partial charge in [0.15, 0.2) is 5.11 Å². The average Bonchev–Trinajstić information content (AvgIpc) is 2.88. The van der Waals surface area contributed by atoms with E-state index in [0.29, 0.717) is 25.8 Å². The second kappa shape index (κ2) is 9.64. The van der Waals surface area contributed by atoms with Crippen LogP contribution in [0.15, 0.2) is 18.2 Å². The van der Waals surface area contributed by atoms with Gasteiger partial charge in [0.05, 0.1) is 30.0 Å². The summed E-state index contributed by atoms with van der Waals surface area (Å²) >= 11 is 5.44. The van der Waals surface area contributed by atoms with E-state index in [1.54, 1.807) is 18.7 Å². The van der Waals surface area contributed by atoms with Crippen molar-refractivity contribution in [2.75, 3.05) is 18.6 Å². The molecule has 0 aliphatic carbocycles. The minimum Gasteiger partial charge on any atom is -0.469 e. The van der Waals surface area contributed by atoms with Gasteiger partial charge in [0.2, 0.25) is 0 Å². The molecule has 2 rings (SSSR count). The molecule has 0 bridgehead atoms. The lowest BCUT2D eigenvalue weighted by atomic mass is 10.0.